The Balaban J connectivity index is 1.62. The molecule has 0 aromatic carbocycles. The second-order valence-corrected chi connectivity index (χ2v) is 6.29. The van der Waals surface area contributed by atoms with Gasteiger partial charge in [0.05, 0.1) is 12.2 Å². The number of hydrogen-bond donors (Lipinski definition) is 1. The van der Waals surface area contributed by atoms with Gasteiger partial charge in [0.2, 0.25) is 0 Å². The van der Waals surface area contributed by atoms with Crippen LogP contribution >= 0.6 is 11.8 Å². The van der Waals surface area contributed by atoms with Crippen LogP contribution in [0.1, 0.15) is 39.0 Å². The van der Waals surface area contributed by atoms with E-state index in [-0.39, 0.29) is 0 Å². The number of hydrogen-bond acceptors (Lipinski definition) is 3. The summed E-state index contributed by atoms with van der Waals surface area (Å²) >= 11 is 2.04. The van der Waals surface area contributed by atoms with Crippen LogP contribution in [0.2, 0.25) is 0 Å². The summed E-state index contributed by atoms with van der Waals surface area (Å²) in [4.78, 5) is 0. The maximum absolute atomic E-state index is 5.79. The number of ether oxygens (including phenoxy) is 1. The summed E-state index contributed by atoms with van der Waals surface area (Å²) in [6.45, 7) is 4.39. The van der Waals surface area contributed by atoms with Crippen molar-refractivity contribution in [3.8, 4) is 0 Å². The molecule has 2 unspecified atom stereocenters. The second kappa shape index (κ2) is 5.07. The van der Waals surface area contributed by atoms with Gasteiger partial charge in [0.1, 0.15) is 0 Å². The first-order valence-corrected chi connectivity index (χ1v) is 7.38. The Hall–Kier alpha value is 0.270. The fourth-order valence-corrected chi connectivity index (χ4v) is 3.46. The quantitative estimate of drug-likeness (QED) is 0.782. The Bertz CT molecular complexity index is 200. The maximum Gasteiger partial charge on any atom is 0.0704 e. The van der Waals surface area contributed by atoms with Gasteiger partial charge >= 0.3 is 0 Å². The van der Waals surface area contributed by atoms with E-state index >= 15 is 0 Å². The first-order chi connectivity index (χ1) is 7.24. The van der Waals surface area contributed by atoms with E-state index in [1.165, 1.54) is 38.6 Å². The monoisotopic (exact) mass is 229 g/mol. The number of thioether (sulfide) groups is 1. The van der Waals surface area contributed by atoms with Gasteiger partial charge in [0, 0.05) is 17.8 Å². The molecule has 1 saturated carbocycles. The van der Waals surface area contributed by atoms with Gasteiger partial charge in [-0.05, 0) is 38.9 Å². The smallest absolute Gasteiger partial charge is 0.0704 e. The minimum Gasteiger partial charge on any atom is -0.374 e. The van der Waals surface area contributed by atoms with E-state index in [0.717, 1.165) is 6.54 Å². The largest absolute Gasteiger partial charge is 0.374 e. The lowest BCUT2D eigenvalue weighted by atomic mass is 9.84. The van der Waals surface area contributed by atoms with Gasteiger partial charge in [-0.15, -0.1) is 0 Å². The van der Waals surface area contributed by atoms with Gasteiger partial charge in [0.15, 0.2) is 0 Å². The maximum atomic E-state index is 5.79. The Morgan fingerprint density at radius 3 is 2.67 bits per heavy atom. The van der Waals surface area contributed by atoms with Gasteiger partial charge in [-0.25, -0.2) is 0 Å². The Labute approximate surface area is 97.5 Å². The Morgan fingerprint density at radius 2 is 2.20 bits per heavy atom. The minimum absolute atomic E-state index is 0.471. The molecule has 2 aliphatic rings. The molecule has 2 nitrogen and oxygen atoms in total. The molecule has 0 aromatic rings. The van der Waals surface area contributed by atoms with E-state index in [2.05, 4.69) is 18.5 Å². The first kappa shape index (κ1) is 11.7. The summed E-state index contributed by atoms with van der Waals surface area (Å²) in [5, 5.41) is 3.60. The van der Waals surface area contributed by atoms with Crippen LogP contribution in [0.25, 0.3) is 0 Å². The summed E-state index contributed by atoms with van der Waals surface area (Å²) in [6, 6.07) is 0. The van der Waals surface area contributed by atoms with E-state index in [1.807, 2.05) is 11.8 Å². The molecule has 3 heteroatoms. The molecule has 2 fully saturated rings. The summed E-state index contributed by atoms with van der Waals surface area (Å²) < 4.78 is 6.35. The molecule has 2 rings (SSSR count). The van der Waals surface area contributed by atoms with Crippen LogP contribution in [0.15, 0.2) is 0 Å². The Morgan fingerprint density at radius 1 is 1.40 bits per heavy atom. The van der Waals surface area contributed by atoms with Gasteiger partial charge in [-0.3, -0.25) is 0 Å². The normalized spacial score (nSPS) is 34.0. The predicted octanol–water partition coefficient (Wildman–Crippen LogP) is 2.43. The zero-order chi connectivity index (χ0) is 10.7. The molecule has 1 saturated heterocycles. The van der Waals surface area contributed by atoms with E-state index < -0.39 is 0 Å². The van der Waals surface area contributed by atoms with Crippen molar-refractivity contribution in [1.29, 1.82) is 0 Å². The predicted molar refractivity (Wildman–Crippen MR) is 66.5 cm³/mol. The molecule has 15 heavy (non-hydrogen) atoms. The third kappa shape index (κ3) is 2.89. The molecule has 2 atom stereocenters. The van der Waals surface area contributed by atoms with Crippen molar-refractivity contribution in [3.05, 3.63) is 0 Å². The van der Waals surface area contributed by atoms with Crippen LogP contribution in [-0.4, -0.2) is 36.3 Å². The molecule has 1 heterocycles. The molecule has 0 radical (unpaired) electrons. The molecule has 1 aliphatic carbocycles. The highest BCUT2D eigenvalue weighted by atomic mass is 32.2. The van der Waals surface area contributed by atoms with Crippen molar-refractivity contribution < 1.29 is 4.74 Å². The molecular weight excluding hydrogens is 206 g/mol. The average Bonchev–Trinajstić information content (AvgIpc) is 2.56. The molecule has 0 spiro atoms. The topological polar surface area (TPSA) is 21.3 Å². The lowest BCUT2D eigenvalue weighted by Crippen LogP contribution is -2.45. The molecular formula is C12H23NOS. The summed E-state index contributed by atoms with van der Waals surface area (Å²) in [5.74, 6) is 0. The fraction of sp³-hybridized carbons (Fsp3) is 1.00. The summed E-state index contributed by atoms with van der Waals surface area (Å²) in [6.07, 6.45) is 9.87. The van der Waals surface area contributed by atoms with E-state index in [0.29, 0.717) is 17.0 Å². The standard InChI is InChI=1S/C12H23NOS/c1-10-4-5-11(14-10)8-13-9-12(15-2)6-3-7-12/h10-11,13H,3-9H2,1-2H3. The number of rotatable bonds is 5. The van der Waals surface area contributed by atoms with E-state index in [1.54, 1.807) is 0 Å². The SMILES string of the molecule is CSC1(CNCC2CCC(C)O2)CCC1. The van der Waals surface area contributed by atoms with Gasteiger partial charge in [-0.2, -0.15) is 11.8 Å². The van der Waals surface area contributed by atoms with Crippen molar-refractivity contribution in [2.24, 2.45) is 0 Å². The minimum atomic E-state index is 0.471. The highest BCUT2D eigenvalue weighted by molar-refractivity contribution is 8.00. The van der Waals surface area contributed by atoms with Crippen molar-refractivity contribution in [2.45, 2.75) is 56.0 Å². The lowest BCUT2D eigenvalue weighted by molar-refractivity contribution is 0.0553. The van der Waals surface area contributed by atoms with Gasteiger partial charge in [0.25, 0.3) is 0 Å². The fourth-order valence-electron chi connectivity index (χ4n) is 2.52. The van der Waals surface area contributed by atoms with Crippen LogP contribution in [-0.2, 0) is 4.74 Å². The van der Waals surface area contributed by atoms with Crippen molar-refractivity contribution in [3.63, 3.8) is 0 Å². The molecule has 88 valence electrons. The first-order valence-electron chi connectivity index (χ1n) is 6.15. The van der Waals surface area contributed by atoms with Gasteiger partial charge in [-0.1, -0.05) is 6.42 Å². The van der Waals surface area contributed by atoms with Crippen LogP contribution < -0.4 is 5.32 Å². The zero-order valence-corrected chi connectivity index (χ0v) is 10.7. The van der Waals surface area contributed by atoms with Gasteiger partial charge < -0.3 is 10.1 Å². The third-order valence-corrected chi connectivity index (χ3v) is 5.26. The number of nitrogens with one attached hydrogen (secondary N) is 1. The summed E-state index contributed by atoms with van der Waals surface area (Å²) in [5.41, 5.74) is 0. The van der Waals surface area contributed by atoms with Crippen LogP contribution in [0.5, 0.6) is 0 Å². The highest BCUT2D eigenvalue weighted by Crippen LogP contribution is 2.42. The van der Waals surface area contributed by atoms with E-state index in [9.17, 15) is 0 Å². The molecule has 1 aliphatic heterocycles. The average molecular weight is 229 g/mol. The van der Waals surface area contributed by atoms with Crippen molar-refractivity contribution in [2.75, 3.05) is 19.3 Å². The van der Waals surface area contributed by atoms with E-state index in [4.69, 9.17) is 4.74 Å². The Kier molecular flexibility index (Phi) is 3.97. The second-order valence-electron chi connectivity index (χ2n) is 5.02. The van der Waals surface area contributed by atoms with Crippen molar-refractivity contribution in [1.82, 2.24) is 5.32 Å². The van der Waals surface area contributed by atoms with Crippen LogP contribution in [0, 0.1) is 0 Å². The highest BCUT2D eigenvalue weighted by Gasteiger charge is 2.35. The lowest BCUT2D eigenvalue weighted by Gasteiger charge is -2.40. The van der Waals surface area contributed by atoms with Crippen LogP contribution in [0.4, 0.5) is 0 Å². The molecule has 0 amide bonds. The zero-order valence-electron chi connectivity index (χ0n) is 9.92. The molecule has 1 N–H and O–H groups in total. The van der Waals surface area contributed by atoms with Crippen LogP contribution in [0.3, 0.4) is 0 Å². The third-order valence-electron chi connectivity index (χ3n) is 3.84. The molecule has 0 aromatic heterocycles. The van der Waals surface area contributed by atoms with Crippen molar-refractivity contribution >= 4 is 11.8 Å². The summed E-state index contributed by atoms with van der Waals surface area (Å²) in [7, 11) is 0. The molecule has 0 bridgehead atoms.